The molecule has 5 heteroatoms. The van der Waals surface area contributed by atoms with Gasteiger partial charge in [0.1, 0.15) is 5.82 Å². The molecule has 1 aliphatic rings. The van der Waals surface area contributed by atoms with Gasteiger partial charge in [-0.2, -0.15) is 0 Å². The molecule has 0 spiro atoms. The van der Waals surface area contributed by atoms with E-state index in [0.717, 1.165) is 18.9 Å². The van der Waals surface area contributed by atoms with E-state index >= 15 is 0 Å². The molecule has 104 valence electrons. The Morgan fingerprint density at radius 2 is 2.26 bits per heavy atom. The van der Waals surface area contributed by atoms with Crippen molar-refractivity contribution in [3.8, 4) is 0 Å². The third-order valence-corrected chi connectivity index (χ3v) is 3.55. The number of nitrogens with zero attached hydrogens (tertiary/aromatic N) is 3. The molecule has 1 unspecified atom stereocenters. The van der Waals surface area contributed by atoms with Crippen molar-refractivity contribution in [2.45, 2.75) is 25.8 Å². The molecule has 0 saturated carbocycles. The van der Waals surface area contributed by atoms with Crippen LogP contribution in [0.4, 0.5) is 5.82 Å². The van der Waals surface area contributed by atoms with E-state index in [1.807, 2.05) is 6.07 Å². The molecule has 1 atom stereocenters. The number of anilines is 1. The van der Waals surface area contributed by atoms with Gasteiger partial charge >= 0.3 is 5.97 Å². The molecule has 1 fully saturated rings. The van der Waals surface area contributed by atoms with Crippen molar-refractivity contribution in [2.24, 2.45) is 0 Å². The Bertz CT molecular complexity index is 474. The summed E-state index contributed by atoms with van der Waals surface area (Å²) in [4.78, 5) is 19.9. The molecule has 2 heterocycles. The molecule has 19 heavy (non-hydrogen) atoms. The second-order valence-electron chi connectivity index (χ2n) is 5.36. The monoisotopic (exact) mass is 263 g/mol. The van der Waals surface area contributed by atoms with Gasteiger partial charge in [0.05, 0.1) is 11.3 Å². The third kappa shape index (κ3) is 3.04. The highest BCUT2D eigenvalue weighted by molar-refractivity contribution is 5.89. The van der Waals surface area contributed by atoms with Gasteiger partial charge < -0.3 is 14.9 Å². The number of carboxylic acid groups (broad SMARTS) is 1. The van der Waals surface area contributed by atoms with Crippen LogP contribution in [0.15, 0.2) is 12.1 Å². The maximum absolute atomic E-state index is 11.0. The highest BCUT2D eigenvalue weighted by atomic mass is 16.4. The number of carboxylic acids is 1. The van der Waals surface area contributed by atoms with Crippen molar-refractivity contribution in [1.82, 2.24) is 9.88 Å². The van der Waals surface area contributed by atoms with E-state index in [0.29, 0.717) is 11.7 Å². The van der Waals surface area contributed by atoms with Crippen LogP contribution in [-0.2, 0) is 0 Å². The SMILES string of the molecule is Cc1nc(N2CCCC2CN(C)C)ccc1C(=O)O. The number of carbonyl (C=O) groups is 1. The highest BCUT2D eigenvalue weighted by Crippen LogP contribution is 2.25. The van der Waals surface area contributed by atoms with E-state index in [4.69, 9.17) is 5.11 Å². The van der Waals surface area contributed by atoms with Crippen LogP contribution >= 0.6 is 0 Å². The topological polar surface area (TPSA) is 56.7 Å². The van der Waals surface area contributed by atoms with Crippen molar-refractivity contribution < 1.29 is 9.90 Å². The number of likely N-dealkylation sites (N-methyl/N-ethyl adjacent to an activating group) is 1. The second kappa shape index (κ2) is 5.57. The molecule has 0 amide bonds. The van der Waals surface area contributed by atoms with E-state index in [1.54, 1.807) is 13.0 Å². The smallest absolute Gasteiger partial charge is 0.337 e. The molecular formula is C14H21N3O2. The van der Waals surface area contributed by atoms with E-state index in [-0.39, 0.29) is 5.56 Å². The summed E-state index contributed by atoms with van der Waals surface area (Å²) in [5.74, 6) is -0.0188. The zero-order valence-electron chi connectivity index (χ0n) is 11.8. The lowest BCUT2D eigenvalue weighted by Crippen LogP contribution is -2.38. The predicted octanol–water partition coefficient (Wildman–Crippen LogP) is 1.62. The van der Waals surface area contributed by atoms with Crippen LogP contribution in [0.2, 0.25) is 0 Å². The van der Waals surface area contributed by atoms with Crippen LogP contribution in [0.25, 0.3) is 0 Å². The van der Waals surface area contributed by atoms with Gasteiger partial charge in [-0.3, -0.25) is 0 Å². The summed E-state index contributed by atoms with van der Waals surface area (Å²) >= 11 is 0. The molecule has 1 N–H and O–H groups in total. The van der Waals surface area contributed by atoms with Crippen LogP contribution in [0.3, 0.4) is 0 Å². The van der Waals surface area contributed by atoms with Crippen molar-refractivity contribution >= 4 is 11.8 Å². The first-order chi connectivity index (χ1) is 8.99. The predicted molar refractivity (Wildman–Crippen MR) is 74.9 cm³/mol. The fourth-order valence-corrected chi connectivity index (χ4v) is 2.68. The zero-order chi connectivity index (χ0) is 14.0. The van der Waals surface area contributed by atoms with Crippen molar-refractivity contribution in [3.05, 3.63) is 23.4 Å². The number of pyridine rings is 1. The summed E-state index contributed by atoms with van der Waals surface area (Å²) in [5.41, 5.74) is 0.868. The number of aromatic carboxylic acids is 1. The second-order valence-corrected chi connectivity index (χ2v) is 5.36. The Morgan fingerprint density at radius 1 is 1.53 bits per heavy atom. The highest BCUT2D eigenvalue weighted by Gasteiger charge is 2.26. The fraction of sp³-hybridized carbons (Fsp3) is 0.571. The van der Waals surface area contributed by atoms with Crippen LogP contribution in [-0.4, -0.2) is 54.2 Å². The van der Waals surface area contributed by atoms with Crippen LogP contribution in [0.5, 0.6) is 0 Å². The largest absolute Gasteiger partial charge is 0.478 e. The van der Waals surface area contributed by atoms with Gasteiger partial charge in [-0.15, -0.1) is 0 Å². The van der Waals surface area contributed by atoms with E-state index in [9.17, 15) is 4.79 Å². The van der Waals surface area contributed by atoms with Crippen LogP contribution < -0.4 is 4.90 Å². The summed E-state index contributed by atoms with van der Waals surface area (Å²) in [6.07, 6.45) is 2.33. The minimum absolute atomic E-state index is 0.284. The number of aryl methyl sites for hydroxylation is 1. The minimum Gasteiger partial charge on any atom is -0.478 e. The van der Waals surface area contributed by atoms with Gasteiger partial charge in [0.15, 0.2) is 0 Å². The fourth-order valence-electron chi connectivity index (χ4n) is 2.68. The Hall–Kier alpha value is -1.62. The number of hydrogen-bond donors (Lipinski definition) is 1. The van der Waals surface area contributed by atoms with Crippen LogP contribution in [0.1, 0.15) is 28.9 Å². The first-order valence-electron chi connectivity index (χ1n) is 6.61. The lowest BCUT2D eigenvalue weighted by Gasteiger charge is -2.28. The summed E-state index contributed by atoms with van der Waals surface area (Å²) in [5, 5.41) is 9.03. The van der Waals surface area contributed by atoms with Gasteiger partial charge in [0, 0.05) is 19.1 Å². The van der Waals surface area contributed by atoms with E-state index in [2.05, 4.69) is 28.9 Å². The Balaban J connectivity index is 2.21. The molecule has 2 rings (SSSR count). The Labute approximate surface area is 113 Å². The maximum Gasteiger partial charge on any atom is 0.337 e. The van der Waals surface area contributed by atoms with Gasteiger partial charge in [0.25, 0.3) is 0 Å². The maximum atomic E-state index is 11.0. The Kier molecular flexibility index (Phi) is 4.04. The number of hydrogen-bond acceptors (Lipinski definition) is 4. The number of aromatic nitrogens is 1. The standard InChI is InChI=1S/C14H21N3O2/c1-10-12(14(18)19)6-7-13(15-10)17-8-4-5-11(17)9-16(2)3/h6-7,11H,4-5,8-9H2,1-3H3,(H,18,19). The first kappa shape index (κ1) is 13.8. The van der Waals surface area contributed by atoms with E-state index in [1.165, 1.54) is 12.8 Å². The average Bonchev–Trinajstić information content (AvgIpc) is 2.75. The molecule has 0 aromatic carbocycles. The average molecular weight is 263 g/mol. The minimum atomic E-state index is -0.914. The van der Waals surface area contributed by atoms with Crippen LogP contribution in [0, 0.1) is 6.92 Å². The van der Waals surface area contributed by atoms with Crippen molar-refractivity contribution in [3.63, 3.8) is 0 Å². The molecule has 0 aliphatic carbocycles. The molecule has 0 radical (unpaired) electrons. The molecule has 1 aromatic heterocycles. The summed E-state index contributed by atoms with van der Waals surface area (Å²) < 4.78 is 0. The van der Waals surface area contributed by atoms with E-state index < -0.39 is 5.97 Å². The van der Waals surface area contributed by atoms with Crippen molar-refractivity contribution in [1.29, 1.82) is 0 Å². The summed E-state index contributed by atoms with van der Waals surface area (Å²) in [6.45, 7) is 3.75. The summed E-state index contributed by atoms with van der Waals surface area (Å²) in [7, 11) is 4.14. The molecule has 5 nitrogen and oxygen atoms in total. The van der Waals surface area contributed by atoms with Gasteiger partial charge in [-0.1, -0.05) is 0 Å². The molecule has 1 saturated heterocycles. The lowest BCUT2D eigenvalue weighted by atomic mass is 10.2. The molecule has 1 aromatic rings. The lowest BCUT2D eigenvalue weighted by molar-refractivity contribution is 0.0695. The molecular weight excluding hydrogens is 242 g/mol. The summed E-state index contributed by atoms with van der Waals surface area (Å²) in [6, 6.07) is 3.95. The van der Waals surface area contributed by atoms with Gasteiger partial charge in [-0.05, 0) is 46.0 Å². The molecule has 0 bridgehead atoms. The normalized spacial score (nSPS) is 19.2. The van der Waals surface area contributed by atoms with Crippen molar-refractivity contribution in [2.75, 3.05) is 32.1 Å². The first-order valence-corrected chi connectivity index (χ1v) is 6.61. The third-order valence-electron chi connectivity index (χ3n) is 3.55. The Morgan fingerprint density at radius 3 is 2.84 bits per heavy atom. The zero-order valence-corrected chi connectivity index (χ0v) is 11.8. The van der Waals surface area contributed by atoms with Gasteiger partial charge in [-0.25, -0.2) is 9.78 Å². The number of rotatable bonds is 4. The molecule has 1 aliphatic heterocycles. The quantitative estimate of drug-likeness (QED) is 0.894. The van der Waals surface area contributed by atoms with Gasteiger partial charge in [0.2, 0.25) is 0 Å².